The Bertz CT molecular complexity index is 956. The molecule has 0 bridgehead atoms. The number of anilines is 1. The first-order chi connectivity index (χ1) is 13.2. The van der Waals surface area contributed by atoms with Crippen molar-refractivity contribution in [2.75, 3.05) is 11.6 Å². The highest BCUT2D eigenvalue weighted by Crippen LogP contribution is 2.36. The van der Waals surface area contributed by atoms with Crippen molar-refractivity contribution >= 4 is 44.8 Å². The number of halogens is 2. The fraction of sp³-hybridized carbons (Fsp3) is 0.429. The van der Waals surface area contributed by atoms with Crippen LogP contribution >= 0.6 is 23.2 Å². The summed E-state index contributed by atoms with van der Waals surface area (Å²) >= 11 is 12.1. The van der Waals surface area contributed by atoms with Crippen LogP contribution < -0.4 is 5.32 Å². The molecular formula is C21H26Cl2N2O3S. The highest BCUT2D eigenvalue weighted by atomic mass is 35.5. The van der Waals surface area contributed by atoms with Crippen LogP contribution in [-0.4, -0.2) is 25.6 Å². The molecule has 1 atom stereocenters. The molecule has 1 heterocycles. The van der Waals surface area contributed by atoms with E-state index in [0.29, 0.717) is 28.7 Å². The number of sulfone groups is 1. The van der Waals surface area contributed by atoms with Gasteiger partial charge in [-0.25, -0.2) is 13.4 Å². The van der Waals surface area contributed by atoms with Gasteiger partial charge in [-0.05, 0) is 42.2 Å². The number of aromatic nitrogens is 1. The second-order valence-corrected chi connectivity index (χ2v) is 10.1. The number of carbonyl (C=O) groups excluding carboxylic acids is 1. The number of rotatable bonds is 6. The van der Waals surface area contributed by atoms with Gasteiger partial charge >= 0.3 is 0 Å². The van der Waals surface area contributed by atoms with Crippen molar-refractivity contribution in [1.82, 2.24) is 4.98 Å². The molecule has 1 amide bonds. The topological polar surface area (TPSA) is 76.1 Å². The minimum Gasteiger partial charge on any atom is -0.310 e. The van der Waals surface area contributed by atoms with E-state index in [2.05, 4.69) is 10.3 Å². The van der Waals surface area contributed by atoms with Crippen LogP contribution in [0.3, 0.4) is 0 Å². The van der Waals surface area contributed by atoms with Crippen LogP contribution in [0.5, 0.6) is 0 Å². The summed E-state index contributed by atoms with van der Waals surface area (Å²) in [4.78, 5) is 17.2. The van der Waals surface area contributed by atoms with Gasteiger partial charge in [0.05, 0.1) is 20.9 Å². The Morgan fingerprint density at radius 3 is 2.45 bits per heavy atom. The summed E-state index contributed by atoms with van der Waals surface area (Å²) in [5.74, 6) is 0.253. The summed E-state index contributed by atoms with van der Waals surface area (Å²) in [5, 5.41) is 3.46. The van der Waals surface area contributed by atoms with Crippen LogP contribution in [0.2, 0.25) is 10.0 Å². The number of benzene rings is 1. The lowest BCUT2D eigenvalue weighted by molar-refractivity contribution is -0.118. The zero-order chi connectivity index (χ0) is 20.3. The van der Waals surface area contributed by atoms with Crippen LogP contribution in [0, 0.1) is 5.92 Å². The van der Waals surface area contributed by atoms with E-state index in [9.17, 15) is 13.2 Å². The predicted molar refractivity (Wildman–Crippen MR) is 118 cm³/mol. The number of hydrogen-bond acceptors (Lipinski definition) is 4. The van der Waals surface area contributed by atoms with Gasteiger partial charge in [-0.2, -0.15) is 0 Å². The highest BCUT2D eigenvalue weighted by Gasteiger charge is 2.28. The van der Waals surface area contributed by atoms with E-state index in [1.54, 1.807) is 24.3 Å². The van der Waals surface area contributed by atoms with E-state index in [1.807, 2.05) is 0 Å². The number of hydrogen-bond donors (Lipinski definition) is 1. The number of amides is 1. The van der Waals surface area contributed by atoms with E-state index in [1.165, 1.54) is 25.1 Å². The summed E-state index contributed by atoms with van der Waals surface area (Å²) in [6, 6.07) is 8.05. The maximum absolute atomic E-state index is 13.0. The van der Waals surface area contributed by atoms with Gasteiger partial charge in [-0.3, -0.25) is 4.79 Å². The molecule has 0 aliphatic heterocycles. The van der Waals surface area contributed by atoms with Gasteiger partial charge < -0.3 is 5.32 Å². The van der Waals surface area contributed by atoms with Crippen molar-refractivity contribution in [1.29, 1.82) is 0 Å². The Balaban J connectivity index is 0.00000300. The lowest BCUT2D eigenvalue weighted by Crippen LogP contribution is -2.23. The Labute approximate surface area is 182 Å². The van der Waals surface area contributed by atoms with Gasteiger partial charge in [-0.15, -0.1) is 0 Å². The fourth-order valence-electron chi connectivity index (χ4n) is 3.67. The second kappa shape index (κ2) is 9.92. The summed E-state index contributed by atoms with van der Waals surface area (Å²) in [5.41, 5.74) is 0.704. The molecule has 29 heavy (non-hydrogen) atoms. The molecule has 0 radical (unpaired) electrons. The fourth-order valence-corrected chi connectivity index (χ4v) is 5.12. The molecule has 0 saturated heterocycles. The number of pyridine rings is 1. The van der Waals surface area contributed by atoms with Crippen LogP contribution in [0.1, 0.15) is 51.0 Å². The molecule has 1 aliphatic carbocycles. The molecule has 2 aromatic rings. The third kappa shape index (κ3) is 6.17. The number of nitrogens with one attached hydrogen (secondary N) is 1. The molecule has 1 saturated carbocycles. The summed E-state index contributed by atoms with van der Waals surface area (Å²) in [7, 11) is -3.43. The molecule has 1 aromatic heterocycles. The molecule has 158 valence electrons. The largest absolute Gasteiger partial charge is 0.310 e. The highest BCUT2D eigenvalue weighted by molar-refractivity contribution is 7.90. The van der Waals surface area contributed by atoms with Gasteiger partial charge in [0, 0.05) is 12.5 Å². The first kappa shape index (κ1) is 23.6. The van der Waals surface area contributed by atoms with Crippen molar-refractivity contribution in [3.63, 3.8) is 0 Å². The smallest absolute Gasteiger partial charge is 0.233 e. The first-order valence-corrected chi connectivity index (χ1v) is 11.8. The Hall–Kier alpha value is -1.63. The SMILES string of the molecule is C.CS(=O)(=O)c1ccc(C(CC2CCCC2)C(=O)Nc2ccc(Cl)cn2)cc1Cl. The number of nitrogens with zero attached hydrogens (tertiary/aromatic N) is 1. The van der Waals surface area contributed by atoms with E-state index in [-0.39, 0.29) is 23.3 Å². The van der Waals surface area contributed by atoms with Gasteiger partial charge in [0.1, 0.15) is 5.82 Å². The molecular weight excluding hydrogens is 431 g/mol. The molecule has 1 fully saturated rings. The van der Waals surface area contributed by atoms with E-state index < -0.39 is 15.8 Å². The van der Waals surface area contributed by atoms with Gasteiger partial charge in [0.25, 0.3) is 0 Å². The summed E-state index contributed by atoms with van der Waals surface area (Å²) in [6.45, 7) is 0. The first-order valence-electron chi connectivity index (χ1n) is 9.16. The minimum absolute atomic E-state index is 0. The standard InChI is InChI=1S/C20H22Cl2N2O3S.CH4/c1-28(26,27)18-8-6-14(11-17(18)22)16(10-13-4-2-3-5-13)20(25)24-19-9-7-15(21)12-23-19;/h6-9,11-13,16H,2-5,10H2,1H3,(H,23,24,25);1H4. The second-order valence-electron chi connectivity index (χ2n) is 7.25. The summed E-state index contributed by atoms with van der Waals surface area (Å²) < 4.78 is 23.7. The molecule has 8 heteroatoms. The van der Waals surface area contributed by atoms with Gasteiger partial charge in [-0.1, -0.05) is 62.4 Å². The summed E-state index contributed by atoms with van der Waals surface area (Å²) in [6.07, 6.45) is 7.81. The quantitative estimate of drug-likeness (QED) is 0.601. The Morgan fingerprint density at radius 1 is 1.21 bits per heavy atom. The van der Waals surface area contributed by atoms with E-state index in [0.717, 1.165) is 19.1 Å². The molecule has 1 unspecified atom stereocenters. The molecule has 1 aliphatic rings. The van der Waals surface area contributed by atoms with Crippen molar-refractivity contribution in [2.45, 2.75) is 50.3 Å². The minimum atomic E-state index is -3.43. The van der Waals surface area contributed by atoms with Crippen LogP contribution in [0.25, 0.3) is 0 Å². The van der Waals surface area contributed by atoms with Crippen LogP contribution in [0.4, 0.5) is 5.82 Å². The lowest BCUT2D eigenvalue weighted by Gasteiger charge is -2.21. The third-order valence-electron chi connectivity index (χ3n) is 5.10. The van der Waals surface area contributed by atoms with Crippen LogP contribution in [-0.2, 0) is 14.6 Å². The Morgan fingerprint density at radius 2 is 1.90 bits per heavy atom. The van der Waals surface area contributed by atoms with Crippen molar-refractivity contribution in [3.05, 3.63) is 52.1 Å². The zero-order valence-electron chi connectivity index (χ0n) is 15.5. The van der Waals surface area contributed by atoms with E-state index in [4.69, 9.17) is 23.2 Å². The van der Waals surface area contributed by atoms with Gasteiger partial charge in [0.2, 0.25) is 5.91 Å². The predicted octanol–water partition coefficient (Wildman–Crippen LogP) is 5.73. The normalized spacial score (nSPS) is 15.6. The van der Waals surface area contributed by atoms with Gasteiger partial charge in [0.15, 0.2) is 9.84 Å². The molecule has 5 nitrogen and oxygen atoms in total. The van der Waals surface area contributed by atoms with Crippen molar-refractivity contribution in [2.24, 2.45) is 5.92 Å². The molecule has 1 N–H and O–H groups in total. The van der Waals surface area contributed by atoms with Crippen molar-refractivity contribution in [3.8, 4) is 0 Å². The lowest BCUT2D eigenvalue weighted by atomic mass is 9.87. The maximum Gasteiger partial charge on any atom is 0.233 e. The average Bonchev–Trinajstić information content (AvgIpc) is 3.13. The monoisotopic (exact) mass is 456 g/mol. The maximum atomic E-state index is 13.0. The molecule has 3 rings (SSSR count). The third-order valence-corrected chi connectivity index (χ3v) is 6.90. The Kier molecular flexibility index (Phi) is 8.09. The van der Waals surface area contributed by atoms with E-state index >= 15 is 0 Å². The molecule has 1 aromatic carbocycles. The average molecular weight is 457 g/mol. The number of carbonyl (C=O) groups is 1. The van der Waals surface area contributed by atoms with Crippen LogP contribution in [0.15, 0.2) is 41.4 Å². The van der Waals surface area contributed by atoms with Crippen molar-refractivity contribution < 1.29 is 13.2 Å². The zero-order valence-corrected chi connectivity index (χ0v) is 17.8. The molecule has 0 spiro atoms.